The standard InChI is InChI=1S/C12H15N5O2/c13-12-15-10-9(11(19)16-12)14-6-17(10)8-3-1-2-7(4-8)5-18/h1,3,6-8,18H,2,4-5H2,(H3,13,15,16,19)/t7-,8-/m1/s1. The predicted molar refractivity (Wildman–Crippen MR) is 70.5 cm³/mol. The lowest BCUT2D eigenvalue weighted by Gasteiger charge is -2.24. The number of hydrogen-bond donors (Lipinski definition) is 3. The van der Waals surface area contributed by atoms with E-state index in [2.05, 4.69) is 15.0 Å². The molecule has 0 saturated heterocycles. The minimum Gasteiger partial charge on any atom is -0.396 e. The Balaban J connectivity index is 2.08. The zero-order chi connectivity index (χ0) is 13.4. The van der Waals surface area contributed by atoms with Crippen LogP contribution in [-0.2, 0) is 0 Å². The van der Waals surface area contributed by atoms with Crippen LogP contribution in [0, 0.1) is 5.92 Å². The number of H-pyrrole nitrogens is 1. The van der Waals surface area contributed by atoms with E-state index in [-0.39, 0.29) is 35.6 Å². The van der Waals surface area contributed by atoms with Gasteiger partial charge in [-0.3, -0.25) is 9.78 Å². The second-order valence-corrected chi connectivity index (χ2v) is 4.79. The molecule has 7 heteroatoms. The summed E-state index contributed by atoms with van der Waals surface area (Å²) in [7, 11) is 0. The Morgan fingerprint density at radius 2 is 2.42 bits per heavy atom. The van der Waals surface area contributed by atoms with Crippen LogP contribution in [0.25, 0.3) is 11.2 Å². The van der Waals surface area contributed by atoms with E-state index >= 15 is 0 Å². The number of aliphatic hydroxyl groups is 1. The molecule has 2 atom stereocenters. The van der Waals surface area contributed by atoms with Crippen LogP contribution in [0.1, 0.15) is 18.9 Å². The molecule has 1 aliphatic carbocycles. The second kappa shape index (κ2) is 4.51. The largest absolute Gasteiger partial charge is 0.396 e. The first kappa shape index (κ1) is 11.9. The highest BCUT2D eigenvalue weighted by molar-refractivity contribution is 5.70. The van der Waals surface area contributed by atoms with Gasteiger partial charge < -0.3 is 15.4 Å². The number of aliphatic hydroxyl groups excluding tert-OH is 1. The molecular weight excluding hydrogens is 246 g/mol. The van der Waals surface area contributed by atoms with Gasteiger partial charge in [-0.05, 0) is 18.8 Å². The first-order valence-electron chi connectivity index (χ1n) is 6.19. The lowest BCUT2D eigenvalue weighted by atomic mass is 9.91. The number of aromatic amines is 1. The summed E-state index contributed by atoms with van der Waals surface area (Å²) in [5, 5.41) is 9.26. The molecule has 4 N–H and O–H groups in total. The number of imidazole rings is 1. The van der Waals surface area contributed by atoms with Crippen molar-refractivity contribution < 1.29 is 5.11 Å². The molecule has 0 amide bonds. The van der Waals surface area contributed by atoms with Crippen molar-refractivity contribution in [2.45, 2.75) is 18.9 Å². The summed E-state index contributed by atoms with van der Waals surface area (Å²) in [5.41, 5.74) is 6.00. The van der Waals surface area contributed by atoms with E-state index in [1.165, 1.54) is 0 Å². The number of nitrogens with zero attached hydrogens (tertiary/aromatic N) is 3. The number of nitrogen functional groups attached to an aromatic ring is 1. The van der Waals surface area contributed by atoms with Crippen LogP contribution in [-0.4, -0.2) is 31.2 Å². The van der Waals surface area contributed by atoms with E-state index in [9.17, 15) is 9.90 Å². The van der Waals surface area contributed by atoms with Crippen LogP contribution in [0.2, 0.25) is 0 Å². The third kappa shape index (κ3) is 2.01. The summed E-state index contributed by atoms with van der Waals surface area (Å²) < 4.78 is 1.83. The number of anilines is 1. The highest BCUT2D eigenvalue weighted by Gasteiger charge is 2.21. The van der Waals surface area contributed by atoms with Gasteiger partial charge in [0.05, 0.1) is 12.4 Å². The van der Waals surface area contributed by atoms with Crippen LogP contribution in [0.15, 0.2) is 23.3 Å². The lowest BCUT2D eigenvalue weighted by molar-refractivity contribution is 0.204. The van der Waals surface area contributed by atoms with Crippen molar-refractivity contribution in [1.29, 1.82) is 0 Å². The van der Waals surface area contributed by atoms with Gasteiger partial charge in [0.2, 0.25) is 5.95 Å². The Bertz CT molecular complexity index is 687. The van der Waals surface area contributed by atoms with Crippen molar-refractivity contribution in [2.75, 3.05) is 12.3 Å². The van der Waals surface area contributed by atoms with Crippen LogP contribution in [0.4, 0.5) is 5.95 Å². The summed E-state index contributed by atoms with van der Waals surface area (Å²) in [4.78, 5) is 22.4. The SMILES string of the molecule is Nc1nc2c(ncn2[C@@H]2C=CC[C@@H](CO)C2)c(=O)[nH]1. The number of aromatic nitrogens is 4. The van der Waals surface area contributed by atoms with Crippen LogP contribution >= 0.6 is 0 Å². The smallest absolute Gasteiger partial charge is 0.280 e. The van der Waals surface area contributed by atoms with Crippen molar-refractivity contribution in [1.82, 2.24) is 19.5 Å². The van der Waals surface area contributed by atoms with Gasteiger partial charge in [-0.15, -0.1) is 0 Å². The van der Waals surface area contributed by atoms with Gasteiger partial charge in [-0.25, -0.2) is 4.98 Å². The fourth-order valence-electron chi connectivity index (χ4n) is 2.49. The number of nitrogens with two attached hydrogens (primary N) is 1. The van der Waals surface area contributed by atoms with E-state index in [1.807, 2.05) is 16.7 Å². The molecule has 3 rings (SSSR count). The van der Waals surface area contributed by atoms with Gasteiger partial charge in [0.15, 0.2) is 11.2 Å². The molecule has 0 saturated carbocycles. The predicted octanol–water partition coefficient (Wildman–Crippen LogP) is 0.201. The monoisotopic (exact) mass is 261 g/mol. The maximum absolute atomic E-state index is 11.7. The molecule has 1 aliphatic rings. The molecule has 0 bridgehead atoms. The molecule has 0 aliphatic heterocycles. The normalized spacial score (nSPS) is 23.0. The van der Waals surface area contributed by atoms with Gasteiger partial charge in [0, 0.05) is 6.61 Å². The van der Waals surface area contributed by atoms with Crippen molar-refractivity contribution in [3.63, 3.8) is 0 Å². The van der Waals surface area contributed by atoms with E-state index in [0.29, 0.717) is 5.65 Å². The van der Waals surface area contributed by atoms with Crippen molar-refractivity contribution in [3.05, 3.63) is 28.8 Å². The Labute approximate surface area is 108 Å². The number of allylic oxidation sites excluding steroid dienone is 2. The average molecular weight is 261 g/mol. The number of nitrogens with one attached hydrogen (secondary N) is 1. The maximum Gasteiger partial charge on any atom is 0.280 e. The van der Waals surface area contributed by atoms with Gasteiger partial charge >= 0.3 is 0 Å². The quantitative estimate of drug-likeness (QED) is 0.669. The third-order valence-corrected chi connectivity index (χ3v) is 3.47. The molecule has 0 radical (unpaired) electrons. The van der Waals surface area contributed by atoms with E-state index in [1.54, 1.807) is 6.33 Å². The topological polar surface area (TPSA) is 110 Å². The first-order valence-corrected chi connectivity index (χ1v) is 6.19. The van der Waals surface area contributed by atoms with Gasteiger partial charge in [-0.1, -0.05) is 12.2 Å². The maximum atomic E-state index is 11.7. The van der Waals surface area contributed by atoms with E-state index in [4.69, 9.17) is 5.73 Å². The number of hydrogen-bond acceptors (Lipinski definition) is 5. The number of rotatable bonds is 2. The van der Waals surface area contributed by atoms with Crippen molar-refractivity contribution >= 4 is 17.1 Å². The molecular formula is C12H15N5O2. The fourth-order valence-corrected chi connectivity index (χ4v) is 2.49. The molecule has 100 valence electrons. The Hall–Kier alpha value is -2.15. The average Bonchev–Trinajstić information content (AvgIpc) is 2.82. The summed E-state index contributed by atoms with van der Waals surface area (Å²) in [6.45, 7) is 0.156. The Morgan fingerprint density at radius 3 is 3.21 bits per heavy atom. The van der Waals surface area contributed by atoms with E-state index < -0.39 is 0 Å². The molecule has 7 nitrogen and oxygen atoms in total. The van der Waals surface area contributed by atoms with Gasteiger partial charge in [0.25, 0.3) is 5.56 Å². The highest BCUT2D eigenvalue weighted by Crippen LogP contribution is 2.28. The molecule has 2 heterocycles. The number of fused-ring (bicyclic) bond motifs is 1. The summed E-state index contributed by atoms with van der Waals surface area (Å²) in [5.74, 6) is 0.310. The summed E-state index contributed by atoms with van der Waals surface area (Å²) in [6, 6.07) is 0.0459. The lowest BCUT2D eigenvalue weighted by Crippen LogP contribution is -2.19. The second-order valence-electron chi connectivity index (χ2n) is 4.79. The minimum atomic E-state index is -0.334. The summed E-state index contributed by atoms with van der Waals surface area (Å²) in [6.07, 6.45) is 7.35. The molecule has 2 aromatic heterocycles. The van der Waals surface area contributed by atoms with E-state index in [0.717, 1.165) is 12.8 Å². The highest BCUT2D eigenvalue weighted by atomic mass is 16.3. The van der Waals surface area contributed by atoms with Gasteiger partial charge in [0.1, 0.15) is 0 Å². The molecule has 0 unspecified atom stereocenters. The Kier molecular flexibility index (Phi) is 2.83. The van der Waals surface area contributed by atoms with Crippen LogP contribution < -0.4 is 11.3 Å². The van der Waals surface area contributed by atoms with Crippen molar-refractivity contribution in [3.8, 4) is 0 Å². The fraction of sp³-hybridized carbons (Fsp3) is 0.417. The molecule has 0 fully saturated rings. The van der Waals surface area contributed by atoms with Crippen LogP contribution in [0.3, 0.4) is 0 Å². The van der Waals surface area contributed by atoms with Crippen molar-refractivity contribution in [2.24, 2.45) is 5.92 Å². The Morgan fingerprint density at radius 1 is 1.58 bits per heavy atom. The zero-order valence-electron chi connectivity index (χ0n) is 10.3. The molecule has 2 aromatic rings. The van der Waals surface area contributed by atoms with Gasteiger partial charge in [-0.2, -0.15) is 4.98 Å². The summed E-state index contributed by atoms with van der Waals surface area (Å²) >= 11 is 0. The molecule has 19 heavy (non-hydrogen) atoms. The minimum absolute atomic E-state index is 0.0459. The molecule has 0 spiro atoms. The first-order chi connectivity index (χ1) is 9.19. The zero-order valence-corrected chi connectivity index (χ0v) is 10.3. The third-order valence-electron chi connectivity index (χ3n) is 3.47. The van der Waals surface area contributed by atoms with Crippen LogP contribution in [0.5, 0.6) is 0 Å². The molecule has 0 aromatic carbocycles.